The van der Waals surface area contributed by atoms with Crippen LogP contribution >= 0.6 is 0 Å². The van der Waals surface area contributed by atoms with Crippen LogP contribution in [0.3, 0.4) is 0 Å². The van der Waals surface area contributed by atoms with E-state index in [-0.39, 0.29) is 23.7 Å². The summed E-state index contributed by atoms with van der Waals surface area (Å²) in [6, 6.07) is 14.2. The Morgan fingerprint density at radius 2 is 1.82 bits per heavy atom. The maximum atomic E-state index is 13.9. The number of amides is 1. The molecule has 7 heteroatoms. The number of carbonyl (C=O) groups is 1. The molecule has 34 heavy (non-hydrogen) atoms. The van der Waals surface area contributed by atoms with Crippen molar-refractivity contribution in [3.63, 3.8) is 0 Å². The van der Waals surface area contributed by atoms with Crippen molar-refractivity contribution >= 4 is 16.9 Å². The molecule has 0 aliphatic heterocycles. The number of nitrogens with zero attached hydrogens (tertiary/aromatic N) is 3. The van der Waals surface area contributed by atoms with Crippen molar-refractivity contribution in [2.75, 3.05) is 0 Å². The molecule has 0 atom stereocenters. The van der Waals surface area contributed by atoms with Crippen LogP contribution in [0, 0.1) is 26.6 Å². The third-order valence-corrected chi connectivity index (χ3v) is 6.20. The van der Waals surface area contributed by atoms with Gasteiger partial charge in [-0.2, -0.15) is 5.10 Å². The maximum absolute atomic E-state index is 13.9. The van der Waals surface area contributed by atoms with E-state index in [1.165, 1.54) is 17.7 Å². The minimum atomic E-state index is -0.366. The van der Waals surface area contributed by atoms with Crippen LogP contribution in [0.1, 0.15) is 41.3 Å². The first-order valence-corrected chi connectivity index (χ1v) is 11.5. The quantitative estimate of drug-likeness (QED) is 0.441. The van der Waals surface area contributed by atoms with Gasteiger partial charge in [0.15, 0.2) is 0 Å². The number of rotatable bonds is 7. The van der Waals surface area contributed by atoms with Crippen LogP contribution in [0.4, 0.5) is 4.39 Å². The van der Waals surface area contributed by atoms with Crippen LogP contribution in [0.2, 0.25) is 0 Å². The van der Waals surface area contributed by atoms with Gasteiger partial charge in [-0.3, -0.25) is 14.2 Å². The summed E-state index contributed by atoms with van der Waals surface area (Å²) in [4.78, 5) is 25.9. The first-order chi connectivity index (χ1) is 16.3. The van der Waals surface area contributed by atoms with E-state index in [2.05, 4.69) is 10.4 Å². The molecule has 6 nitrogen and oxygen atoms in total. The number of halogens is 1. The van der Waals surface area contributed by atoms with Crippen molar-refractivity contribution in [1.82, 2.24) is 19.7 Å². The van der Waals surface area contributed by atoms with Gasteiger partial charge in [0, 0.05) is 30.5 Å². The van der Waals surface area contributed by atoms with Gasteiger partial charge in [0.05, 0.1) is 11.4 Å². The van der Waals surface area contributed by atoms with E-state index in [0.717, 1.165) is 22.2 Å². The number of fused-ring (bicyclic) bond motifs is 1. The van der Waals surface area contributed by atoms with Crippen LogP contribution in [0.25, 0.3) is 16.7 Å². The highest BCUT2D eigenvalue weighted by Gasteiger charge is 2.21. The Morgan fingerprint density at radius 3 is 2.50 bits per heavy atom. The summed E-state index contributed by atoms with van der Waals surface area (Å²) in [6.45, 7) is 8.58. The smallest absolute Gasteiger partial charge is 0.255 e. The molecular weight excluding hydrogens is 431 g/mol. The van der Waals surface area contributed by atoms with Crippen LogP contribution < -0.4 is 10.9 Å². The largest absolute Gasteiger partial charge is 0.352 e. The monoisotopic (exact) mass is 460 g/mol. The zero-order valence-corrected chi connectivity index (χ0v) is 20.0. The lowest BCUT2D eigenvalue weighted by atomic mass is 10.0. The first-order valence-electron chi connectivity index (χ1n) is 11.5. The van der Waals surface area contributed by atoms with Crippen LogP contribution in [-0.2, 0) is 24.3 Å². The van der Waals surface area contributed by atoms with Gasteiger partial charge in [0.25, 0.3) is 5.56 Å². The number of hydrogen-bond acceptors (Lipinski definition) is 3. The molecule has 4 rings (SSSR count). The Bertz CT molecular complexity index is 1420. The second-order valence-corrected chi connectivity index (χ2v) is 8.59. The SMILES string of the molecule is CCn1c(=O)c(CCC(=O)NCc2ccc(C)cc2)c(C)c2c(C)nn(-c3cccc(F)c3)c21. The number of nitrogens with one attached hydrogen (secondary N) is 1. The standard InChI is InChI=1S/C27H29FN4O2/c1-5-31-26-25(19(4)30-32(26)22-8-6-7-21(28)15-22)18(3)23(27(31)34)13-14-24(33)29-16-20-11-9-17(2)10-12-20/h6-12,15H,5,13-14,16H2,1-4H3,(H,29,33). The van der Waals surface area contributed by atoms with Gasteiger partial charge >= 0.3 is 0 Å². The van der Waals surface area contributed by atoms with Crippen molar-refractivity contribution in [2.24, 2.45) is 0 Å². The van der Waals surface area contributed by atoms with E-state index in [1.54, 1.807) is 21.4 Å². The van der Waals surface area contributed by atoms with Crippen molar-refractivity contribution < 1.29 is 9.18 Å². The third-order valence-electron chi connectivity index (χ3n) is 6.20. The normalized spacial score (nSPS) is 11.2. The molecule has 4 aromatic rings. The van der Waals surface area contributed by atoms with Gasteiger partial charge in [-0.25, -0.2) is 9.07 Å². The summed E-state index contributed by atoms with van der Waals surface area (Å²) in [5.74, 6) is -0.469. The predicted octanol–water partition coefficient (Wildman–Crippen LogP) is 4.52. The Balaban J connectivity index is 1.64. The highest BCUT2D eigenvalue weighted by atomic mass is 19.1. The summed E-state index contributed by atoms with van der Waals surface area (Å²) in [7, 11) is 0. The summed E-state index contributed by atoms with van der Waals surface area (Å²) >= 11 is 0. The molecule has 1 amide bonds. The first kappa shape index (κ1) is 23.4. The maximum Gasteiger partial charge on any atom is 0.255 e. The molecule has 0 fully saturated rings. The summed E-state index contributed by atoms with van der Waals surface area (Å²) < 4.78 is 17.2. The molecule has 2 aromatic carbocycles. The lowest BCUT2D eigenvalue weighted by molar-refractivity contribution is -0.121. The molecule has 176 valence electrons. The molecule has 0 radical (unpaired) electrons. The number of pyridine rings is 1. The van der Waals surface area contributed by atoms with Crippen LogP contribution in [0.15, 0.2) is 53.3 Å². The molecule has 0 bridgehead atoms. The average molecular weight is 461 g/mol. The zero-order valence-electron chi connectivity index (χ0n) is 20.0. The van der Waals surface area contributed by atoms with E-state index < -0.39 is 0 Å². The van der Waals surface area contributed by atoms with E-state index in [1.807, 2.05) is 52.0 Å². The third kappa shape index (κ3) is 4.51. The van der Waals surface area contributed by atoms with Crippen molar-refractivity contribution in [1.29, 1.82) is 0 Å². The molecule has 2 heterocycles. The molecule has 1 N–H and O–H groups in total. The molecule has 0 spiro atoms. The molecule has 0 saturated carbocycles. The van der Waals surface area contributed by atoms with Gasteiger partial charge in [-0.15, -0.1) is 0 Å². The molecular formula is C27H29FN4O2. The minimum Gasteiger partial charge on any atom is -0.352 e. The van der Waals surface area contributed by atoms with Gasteiger partial charge in [-0.05, 0) is 63.4 Å². The van der Waals surface area contributed by atoms with Gasteiger partial charge < -0.3 is 5.32 Å². The number of hydrogen-bond donors (Lipinski definition) is 1. The second kappa shape index (κ2) is 9.63. The highest BCUT2D eigenvalue weighted by molar-refractivity contribution is 5.85. The van der Waals surface area contributed by atoms with E-state index >= 15 is 0 Å². The summed E-state index contributed by atoms with van der Waals surface area (Å²) in [6.07, 6.45) is 0.555. The topological polar surface area (TPSA) is 68.9 Å². The number of carbonyl (C=O) groups excluding carboxylic acids is 1. The zero-order chi connectivity index (χ0) is 24.4. The Hall–Kier alpha value is -3.74. The fourth-order valence-electron chi connectivity index (χ4n) is 4.38. The van der Waals surface area contributed by atoms with E-state index in [0.29, 0.717) is 36.4 Å². The van der Waals surface area contributed by atoms with Gasteiger partial charge in [0.1, 0.15) is 11.5 Å². The summed E-state index contributed by atoms with van der Waals surface area (Å²) in [5.41, 5.74) is 5.44. The van der Waals surface area contributed by atoms with Crippen LogP contribution in [0.5, 0.6) is 0 Å². The predicted molar refractivity (Wildman–Crippen MR) is 132 cm³/mol. The van der Waals surface area contributed by atoms with Gasteiger partial charge in [-0.1, -0.05) is 35.9 Å². The fourth-order valence-corrected chi connectivity index (χ4v) is 4.38. The second-order valence-electron chi connectivity index (χ2n) is 8.59. The van der Waals surface area contributed by atoms with Crippen molar-refractivity contribution in [2.45, 2.75) is 53.6 Å². The van der Waals surface area contributed by atoms with Crippen LogP contribution in [-0.4, -0.2) is 20.3 Å². The molecule has 0 unspecified atom stereocenters. The van der Waals surface area contributed by atoms with E-state index in [4.69, 9.17) is 0 Å². The average Bonchev–Trinajstić information content (AvgIpc) is 3.16. The summed E-state index contributed by atoms with van der Waals surface area (Å²) in [5, 5.41) is 8.43. The Kier molecular flexibility index (Phi) is 6.63. The number of aryl methyl sites for hydroxylation is 4. The molecule has 0 aliphatic rings. The van der Waals surface area contributed by atoms with Gasteiger partial charge in [0.2, 0.25) is 5.91 Å². The molecule has 0 saturated heterocycles. The fraction of sp³-hybridized carbons (Fsp3) is 0.296. The lowest BCUT2D eigenvalue weighted by Gasteiger charge is -2.14. The minimum absolute atomic E-state index is 0.102. The van der Waals surface area contributed by atoms with Crippen molar-refractivity contribution in [3.05, 3.63) is 92.6 Å². The van der Waals surface area contributed by atoms with E-state index in [9.17, 15) is 14.0 Å². The number of benzene rings is 2. The molecule has 2 aromatic heterocycles. The molecule has 0 aliphatic carbocycles. The number of aromatic nitrogens is 3. The lowest BCUT2D eigenvalue weighted by Crippen LogP contribution is -2.28. The highest BCUT2D eigenvalue weighted by Crippen LogP contribution is 2.26. The Labute approximate surface area is 198 Å². The van der Waals surface area contributed by atoms with Crippen molar-refractivity contribution in [3.8, 4) is 5.69 Å². The Morgan fingerprint density at radius 1 is 1.09 bits per heavy atom.